The maximum Gasteiger partial charge on any atom is 0.497 e. The molecule has 35 heavy (non-hydrogen) atoms. The molecule has 7 nitrogen and oxygen atoms in total. The van der Waals surface area contributed by atoms with Gasteiger partial charge in [0, 0.05) is 11.0 Å². The molecule has 1 fully saturated rings. The van der Waals surface area contributed by atoms with E-state index in [0.717, 1.165) is 17.7 Å². The molecular formula is C25H27BF2N2O5. The molecule has 1 amide bonds. The van der Waals surface area contributed by atoms with E-state index in [1.165, 1.54) is 0 Å². The molecule has 184 valence electrons. The Morgan fingerprint density at radius 2 is 1.69 bits per heavy atom. The fraction of sp³-hybridized carbons (Fsp3) is 0.360. The molecule has 0 bridgehead atoms. The SMILES string of the molecule is Cc1onc(-c2cc(F)c(B3OC(C)(C)C(C)(C)O3)cc2F)c1NC(=O)O[C@H](C)c1ccccc1. The highest BCUT2D eigenvalue weighted by Crippen LogP contribution is 2.38. The van der Waals surface area contributed by atoms with Crippen molar-refractivity contribution < 1.29 is 32.1 Å². The van der Waals surface area contributed by atoms with E-state index in [2.05, 4.69) is 10.5 Å². The molecular weight excluding hydrogens is 457 g/mol. The Kier molecular flexibility index (Phi) is 6.46. The second-order valence-corrected chi connectivity index (χ2v) is 9.49. The van der Waals surface area contributed by atoms with Crippen molar-refractivity contribution in [2.45, 2.75) is 58.8 Å². The van der Waals surface area contributed by atoms with Crippen molar-refractivity contribution in [1.82, 2.24) is 5.16 Å². The first-order valence-corrected chi connectivity index (χ1v) is 11.2. The summed E-state index contributed by atoms with van der Waals surface area (Å²) in [6.07, 6.45) is -1.32. The van der Waals surface area contributed by atoms with Gasteiger partial charge in [0.1, 0.15) is 29.1 Å². The zero-order valence-electron chi connectivity index (χ0n) is 20.4. The highest BCUT2D eigenvalue weighted by molar-refractivity contribution is 6.62. The van der Waals surface area contributed by atoms with Gasteiger partial charge in [0.2, 0.25) is 0 Å². The van der Waals surface area contributed by atoms with Crippen molar-refractivity contribution in [3.05, 3.63) is 65.4 Å². The number of aromatic nitrogens is 1. The molecule has 1 aliphatic rings. The lowest BCUT2D eigenvalue weighted by atomic mass is 9.78. The van der Waals surface area contributed by atoms with Crippen LogP contribution < -0.4 is 10.8 Å². The van der Waals surface area contributed by atoms with E-state index in [-0.39, 0.29) is 28.2 Å². The first-order valence-electron chi connectivity index (χ1n) is 11.2. The summed E-state index contributed by atoms with van der Waals surface area (Å²) in [7, 11) is -1.07. The van der Waals surface area contributed by atoms with Gasteiger partial charge in [-0.3, -0.25) is 5.32 Å². The normalized spacial score (nSPS) is 17.3. The molecule has 1 aliphatic heterocycles. The van der Waals surface area contributed by atoms with Gasteiger partial charge in [-0.1, -0.05) is 35.5 Å². The van der Waals surface area contributed by atoms with E-state index in [1.54, 1.807) is 13.8 Å². The predicted octanol–water partition coefficient (Wildman–Crippen LogP) is 5.54. The Labute approximate surface area is 202 Å². The molecule has 1 aromatic heterocycles. The average molecular weight is 484 g/mol. The van der Waals surface area contributed by atoms with Crippen LogP contribution in [0.5, 0.6) is 0 Å². The largest absolute Gasteiger partial charge is 0.497 e. The van der Waals surface area contributed by atoms with Crippen LogP contribution in [-0.4, -0.2) is 29.6 Å². The third kappa shape index (κ3) is 4.81. The van der Waals surface area contributed by atoms with E-state index in [1.807, 2.05) is 58.0 Å². The van der Waals surface area contributed by atoms with Gasteiger partial charge in [-0.25, -0.2) is 13.6 Å². The van der Waals surface area contributed by atoms with Crippen molar-refractivity contribution >= 4 is 24.4 Å². The number of ether oxygens (including phenoxy) is 1. The predicted molar refractivity (Wildman–Crippen MR) is 127 cm³/mol. The third-order valence-corrected chi connectivity index (χ3v) is 6.49. The molecule has 1 saturated heterocycles. The summed E-state index contributed by atoms with van der Waals surface area (Å²) in [5.74, 6) is -1.32. The number of rotatable bonds is 5. The van der Waals surface area contributed by atoms with Crippen LogP contribution in [0.4, 0.5) is 19.3 Å². The first-order chi connectivity index (χ1) is 16.4. The maximum absolute atomic E-state index is 15.2. The summed E-state index contributed by atoms with van der Waals surface area (Å²) in [5.41, 5.74) is -0.869. The molecule has 2 aromatic carbocycles. The Balaban J connectivity index is 1.58. The average Bonchev–Trinajstić information content (AvgIpc) is 3.24. The molecule has 10 heteroatoms. The van der Waals surface area contributed by atoms with Crippen molar-refractivity contribution in [2.24, 2.45) is 0 Å². The molecule has 1 atom stereocenters. The van der Waals surface area contributed by atoms with Crippen molar-refractivity contribution in [1.29, 1.82) is 0 Å². The Morgan fingerprint density at radius 3 is 2.31 bits per heavy atom. The smallest absolute Gasteiger partial charge is 0.441 e. The van der Waals surface area contributed by atoms with Crippen LogP contribution in [0.2, 0.25) is 0 Å². The number of anilines is 1. The number of hydrogen-bond donors (Lipinski definition) is 1. The summed E-state index contributed by atoms with van der Waals surface area (Å²) < 4.78 is 52.6. The minimum atomic E-state index is -1.07. The van der Waals surface area contributed by atoms with Gasteiger partial charge >= 0.3 is 13.2 Å². The first kappa shape index (κ1) is 24.9. The number of nitrogens with zero attached hydrogens (tertiary/aromatic N) is 1. The fourth-order valence-electron chi connectivity index (χ4n) is 3.68. The molecule has 0 saturated carbocycles. The highest BCUT2D eigenvalue weighted by atomic mass is 19.1. The van der Waals surface area contributed by atoms with E-state index in [4.69, 9.17) is 18.6 Å². The van der Waals surface area contributed by atoms with E-state index >= 15 is 8.78 Å². The quantitative estimate of drug-likeness (QED) is 0.479. The number of nitrogens with one attached hydrogen (secondary N) is 1. The summed E-state index contributed by atoms with van der Waals surface area (Å²) in [6.45, 7) is 10.6. The topological polar surface area (TPSA) is 82.8 Å². The number of amides is 1. The number of hydrogen-bond acceptors (Lipinski definition) is 6. The fourth-order valence-corrected chi connectivity index (χ4v) is 3.68. The summed E-state index contributed by atoms with van der Waals surface area (Å²) in [6, 6.07) is 11.2. The van der Waals surface area contributed by atoms with Gasteiger partial charge in [-0.05, 0) is 59.2 Å². The Bertz CT molecular complexity index is 1230. The van der Waals surface area contributed by atoms with Gasteiger partial charge in [-0.2, -0.15) is 0 Å². The number of benzene rings is 2. The Morgan fingerprint density at radius 1 is 1.06 bits per heavy atom. The van der Waals surface area contributed by atoms with Gasteiger partial charge in [-0.15, -0.1) is 0 Å². The van der Waals surface area contributed by atoms with Crippen LogP contribution in [0.25, 0.3) is 11.3 Å². The van der Waals surface area contributed by atoms with Crippen molar-refractivity contribution in [2.75, 3.05) is 5.32 Å². The molecule has 0 unspecified atom stereocenters. The monoisotopic (exact) mass is 484 g/mol. The number of aryl methyl sites for hydroxylation is 1. The summed E-state index contributed by atoms with van der Waals surface area (Å²) in [5, 5.41) is 6.38. The number of carbonyl (C=O) groups excluding carboxylic acids is 1. The minimum absolute atomic E-state index is 0.0660. The molecule has 0 aliphatic carbocycles. The van der Waals surface area contributed by atoms with Crippen LogP contribution in [0.15, 0.2) is 47.0 Å². The summed E-state index contributed by atoms with van der Waals surface area (Å²) >= 11 is 0. The maximum atomic E-state index is 15.2. The summed E-state index contributed by atoms with van der Waals surface area (Å²) in [4.78, 5) is 12.5. The zero-order chi connectivity index (χ0) is 25.5. The Hall–Kier alpha value is -3.24. The number of carbonyl (C=O) groups is 1. The molecule has 0 spiro atoms. The van der Waals surface area contributed by atoms with Crippen LogP contribution in [0, 0.1) is 18.6 Å². The van der Waals surface area contributed by atoms with Crippen LogP contribution in [0.3, 0.4) is 0 Å². The number of halogens is 2. The lowest BCUT2D eigenvalue weighted by Gasteiger charge is -2.32. The molecule has 1 N–H and O–H groups in total. The minimum Gasteiger partial charge on any atom is -0.441 e. The van der Waals surface area contributed by atoms with E-state index < -0.39 is 42.2 Å². The lowest BCUT2D eigenvalue weighted by molar-refractivity contribution is 0.00578. The zero-order valence-corrected chi connectivity index (χ0v) is 20.4. The standard InChI is InChI=1S/C25H27BF2N2O5/c1-14(16-10-8-7-9-11-16)32-23(31)29-21-15(2)33-30-22(21)17-12-20(28)18(13-19(17)27)26-34-24(3,4)25(5,6)35-26/h7-14H,1-6H3,(H,29,31)/t14-/m1/s1. The van der Waals surface area contributed by atoms with E-state index in [0.29, 0.717) is 0 Å². The van der Waals surface area contributed by atoms with Crippen molar-refractivity contribution in [3.8, 4) is 11.3 Å². The highest BCUT2D eigenvalue weighted by Gasteiger charge is 2.52. The van der Waals surface area contributed by atoms with Gasteiger partial charge < -0.3 is 18.6 Å². The van der Waals surface area contributed by atoms with Crippen molar-refractivity contribution in [3.63, 3.8) is 0 Å². The molecule has 0 radical (unpaired) electrons. The molecule has 2 heterocycles. The van der Waals surface area contributed by atoms with Gasteiger partial charge in [0.05, 0.1) is 11.2 Å². The molecule has 4 rings (SSSR count). The van der Waals surface area contributed by atoms with Gasteiger partial charge in [0.25, 0.3) is 0 Å². The van der Waals surface area contributed by atoms with Crippen LogP contribution >= 0.6 is 0 Å². The van der Waals surface area contributed by atoms with E-state index in [9.17, 15) is 4.79 Å². The second kappa shape index (κ2) is 9.09. The molecule has 3 aromatic rings. The van der Waals surface area contributed by atoms with Crippen LogP contribution in [0.1, 0.15) is 52.0 Å². The second-order valence-electron chi connectivity index (χ2n) is 9.49. The lowest BCUT2D eigenvalue weighted by Crippen LogP contribution is -2.41. The van der Waals surface area contributed by atoms with Gasteiger partial charge in [0.15, 0.2) is 5.76 Å². The van der Waals surface area contributed by atoms with Crippen LogP contribution in [-0.2, 0) is 14.0 Å². The third-order valence-electron chi connectivity index (χ3n) is 6.49.